The van der Waals surface area contributed by atoms with E-state index < -0.39 is 12.0 Å². The second-order valence-electron chi connectivity index (χ2n) is 7.84. The average molecular weight is 464 g/mol. The first kappa shape index (κ1) is 24.3. The van der Waals surface area contributed by atoms with Crippen LogP contribution in [0, 0.1) is 18.3 Å². The van der Waals surface area contributed by atoms with Gasteiger partial charge in [0.1, 0.15) is 5.75 Å². The zero-order valence-electron chi connectivity index (χ0n) is 19.2. The maximum absolute atomic E-state index is 12.4. The van der Waals surface area contributed by atoms with Crippen LogP contribution in [-0.4, -0.2) is 22.7 Å². The van der Waals surface area contributed by atoms with Gasteiger partial charge in [0.2, 0.25) is 0 Å². The van der Waals surface area contributed by atoms with Crippen LogP contribution in [0.2, 0.25) is 0 Å². The summed E-state index contributed by atoms with van der Waals surface area (Å²) in [4.78, 5) is 17.8. The number of thiazole rings is 1. The SMILES string of the molecule is CCCc1cc(CC)cc(C(Nc2ccc(C#N)cc2)C(=O)O)c1OCCc1scnc1C. The lowest BCUT2D eigenvalue weighted by atomic mass is 9.95. The summed E-state index contributed by atoms with van der Waals surface area (Å²) in [5.74, 6) is -0.344. The third-order valence-corrected chi connectivity index (χ3v) is 6.48. The van der Waals surface area contributed by atoms with Gasteiger partial charge < -0.3 is 15.2 Å². The Morgan fingerprint density at radius 3 is 2.58 bits per heavy atom. The molecule has 2 aromatic carbocycles. The van der Waals surface area contributed by atoms with Gasteiger partial charge in [-0.15, -0.1) is 11.3 Å². The summed E-state index contributed by atoms with van der Waals surface area (Å²) in [6.07, 6.45) is 3.25. The van der Waals surface area contributed by atoms with Crippen LogP contribution < -0.4 is 10.1 Å². The predicted molar refractivity (Wildman–Crippen MR) is 131 cm³/mol. The van der Waals surface area contributed by atoms with Crippen LogP contribution in [0.5, 0.6) is 5.75 Å². The summed E-state index contributed by atoms with van der Waals surface area (Å²) in [5.41, 5.74) is 6.71. The smallest absolute Gasteiger partial charge is 0.330 e. The molecule has 0 fully saturated rings. The van der Waals surface area contributed by atoms with Crippen molar-refractivity contribution in [2.24, 2.45) is 0 Å². The van der Waals surface area contributed by atoms with Crippen molar-refractivity contribution in [3.8, 4) is 11.8 Å². The number of benzene rings is 2. The number of aromatic nitrogens is 1. The van der Waals surface area contributed by atoms with E-state index in [0.717, 1.165) is 42.5 Å². The number of carbonyl (C=O) groups is 1. The van der Waals surface area contributed by atoms with Crippen LogP contribution in [0.3, 0.4) is 0 Å². The molecule has 3 aromatic rings. The van der Waals surface area contributed by atoms with Gasteiger partial charge in [-0.2, -0.15) is 5.26 Å². The number of ether oxygens (including phenoxy) is 1. The quantitative estimate of drug-likeness (QED) is 0.379. The number of aryl methyl sites for hydroxylation is 3. The minimum atomic E-state index is -0.988. The molecule has 1 atom stereocenters. The van der Waals surface area contributed by atoms with E-state index in [1.165, 1.54) is 4.88 Å². The molecule has 0 saturated carbocycles. The summed E-state index contributed by atoms with van der Waals surface area (Å²) in [6.45, 7) is 6.59. The summed E-state index contributed by atoms with van der Waals surface area (Å²) in [6, 6.07) is 11.9. The van der Waals surface area contributed by atoms with Crippen molar-refractivity contribution in [3.05, 3.63) is 74.7 Å². The number of hydrogen-bond donors (Lipinski definition) is 2. The van der Waals surface area contributed by atoms with Crippen LogP contribution in [0.4, 0.5) is 5.69 Å². The van der Waals surface area contributed by atoms with Crippen molar-refractivity contribution >= 4 is 23.0 Å². The van der Waals surface area contributed by atoms with E-state index in [2.05, 4.69) is 36.3 Å². The van der Waals surface area contributed by atoms with E-state index in [1.54, 1.807) is 35.6 Å². The van der Waals surface area contributed by atoms with Gasteiger partial charge in [-0.25, -0.2) is 9.78 Å². The van der Waals surface area contributed by atoms with Crippen molar-refractivity contribution in [2.45, 2.75) is 52.5 Å². The normalized spacial score (nSPS) is 11.6. The Morgan fingerprint density at radius 2 is 2.00 bits per heavy atom. The molecule has 2 N–H and O–H groups in total. The number of nitrogens with one attached hydrogen (secondary N) is 1. The van der Waals surface area contributed by atoms with Crippen LogP contribution in [0.15, 0.2) is 41.9 Å². The third-order valence-electron chi connectivity index (χ3n) is 5.49. The van der Waals surface area contributed by atoms with Crippen molar-refractivity contribution in [3.63, 3.8) is 0 Å². The Kier molecular flexibility index (Phi) is 8.45. The Hall–Kier alpha value is -3.37. The van der Waals surface area contributed by atoms with Gasteiger partial charge in [-0.3, -0.25) is 0 Å². The number of nitrogens with zero attached hydrogens (tertiary/aromatic N) is 2. The van der Waals surface area contributed by atoms with E-state index in [4.69, 9.17) is 10.00 Å². The van der Waals surface area contributed by atoms with E-state index in [9.17, 15) is 9.90 Å². The fourth-order valence-electron chi connectivity index (χ4n) is 3.72. The Balaban J connectivity index is 1.97. The van der Waals surface area contributed by atoms with Crippen LogP contribution in [0.25, 0.3) is 0 Å². The first-order valence-corrected chi connectivity index (χ1v) is 12.0. The van der Waals surface area contributed by atoms with Crippen molar-refractivity contribution in [2.75, 3.05) is 11.9 Å². The average Bonchev–Trinajstić information content (AvgIpc) is 3.23. The van der Waals surface area contributed by atoms with E-state index >= 15 is 0 Å². The molecular weight excluding hydrogens is 434 g/mol. The summed E-state index contributed by atoms with van der Waals surface area (Å²) in [7, 11) is 0. The summed E-state index contributed by atoms with van der Waals surface area (Å²) < 4.78 is 6.29. The van der Waals surface area contributed by atoms with Crippen LogP contribution in [-0.2, 0) is 24.1 Å². The highest BCUT2D eigenvalue weighted by molar-refractivity contribution is 7.09. The maximum Gasteiger partial charge on any atom is 0.330 e. The summed E-state index contributed by atoms with van der Waals surface area (Å²) in [5, 5.41) is 22.3. The molecule has 7 heteroatoms. The number of rotatable bonds is 11. The van der Waals surface area contributed by atoms with Gasteiger partial charge in [0.15, 0.2) is 6.04 Å². The molecule has 0 aliphatic rings. The van der Waals surface area contributed by atoms with Gasteiger partial charge in [0, 0.05) is 22.5 Å². The molecule has 0 bridgehead atoms. The highest BCUT2D eigenvalue weighted by Crippen LogP contribution is 2.35. The lowest BCUT2D eigenvalue weighted by Gasteiger charge is -2.23. The monoisotopic (exact) mass is 463 g/mol. The molecule has 1 unspecified atom stereocenters. The maximum atomic E-state index is 12.4. The van der Waals surface area contributed by atoms with Crippen molar-refractivity contribution in [1.82, 2.24) is 4.98 Å². The lowest BCUT2D eigenvalue weighted by molar-refractivity contribution is -0.138. The fourth-order valence-corrected chi connectivity index (χ4v) is 4.49. The van der Waals surface area contributed by atoms with E-state index in [0.29, 0.717) is 29.2 Å². The molecule has 0 aliphatic heterocycles. The van der Waals surface area contributed by atoms with Crippen molar-refractivity contribution in [1.29, 1.82) is 5.26 Å². The van der Waals surface area contributed by atoms with Gasteiger partial charge in [-0.1, -0.05) is 26.3 Å². The molecule has 3 rings (SSSR count). The third kappa shape index (κ3) is 6.11. The largest absolute Gasteiger partial charge is 0.493 e. The first-order valence-electron chi connectivity index (χ1n) is 11.1. The molecule has 0 radical (unpaired) electrons. The number of nitriles is 1. The zero-order valence-corrected chi connectivity index (χ0v) is 20.0. The Morgan fingerprint density at radius 1 is 1.24 bits per heavy atom. The fraction of sp³-hybridized carbons (Fsp3) is 0.346. The first-order chi connectivity index (χ1) is 16.0. The van der Waals surface area contributed by atoms with E-state index in [-0.39, 0.29) is 0 Å². The predicted octanol–water partition coefficient (Wildman–Crippen LogP) is 5.70. The minimum Gasteiger partial charge on any atom is -0.493 e. The Bertz CT molecular complexity index is 1130. The molecular formula is C26H29N3O3S. The molecule has 6 nitrogen and oxygen atoms in total. The number of hydrogen-bond acceptors (Lipinski definition) is 6. The van der Waals surface area contributed by atoms with Crippen LogP contribution in [0.1, 0.15) is 59.1 Å². The molecule has 0 aliphatic carbocycles. The number of aliphatic carboxylic acids is 1. The highest BCUT2D eigenvalue weighted by Gasteiger charge is 2.26. The summed E-state index contributed by atoms with van der Waals surface area (Å²) >= 11 is 1.60. The van der Waals surface area contributed by atoms with E-state index in [1.807, 2.05) is 18.5 Å². The second kappa shape index (κ2) is 11.5. The molecule has 33 heavy (non-hydrogen) atoms. The molecule has 0 spiro atoms. The van der Waals surface area contributed by atoms with Gasteiger partial charge in [0.25, 0.3) is 0 Å². The highest BCUT2D eigenvalue weighted by atomic mass is 32.1. The van der Waals surface area contributed by atoms with Crippen molar-refractivity contribution < 1.29 is 14.6 Å². The van der Waals surface area contributed by atoms with Gasteiger partial charge >= 0.3 is 5.97 Å². The molecule has 1 aromatic heterocycles. The number of anilines is 1. The minimum absolute atomic E-state index is 0.446. The number of carboxylic acid groups (broad SMARTS) is 1. The number of carboxylic acids is 1. The zero-order chi connectivity index (χ0) is 23.8. The standard InChI is InChI=1S/C26H29N3O3S/c1-4-6-20-13-18(5-2)14-22(25(20)32-12-11-23-17(3)28-16-33-23)24(26(30)31)29-21-9-7-19(15-27)8-10-21/h7-10,13-14,16,24,29H,4-6,11-12H2,1-3H3,(H,30,31). The molecule has 1 heterocycles. The molecule has 172 valence electrons. The Labute approximate surface area is 198 Å². The topological polar surface area (TPSA) is 95.2 Å². The van der Waals surface area contributed by atoms with Gasteiger partial charge in [-0.05, 0) is 61.2 Å². The van der Waals surface area contributed by atoms with Gasteiger partial charge in [0.05, 0.1) is 29.4 Å². The second-order valence-corrected chi connectivity index (χ2v) is 8.78. The van der Waals surface area contributed by atoms with Crippen LogP contribution >= 0.6 is 11.3 Å². The lowest BCUT2D eigenvalue weighted by Crippen LogP contribution is -2.22. The molecule has 0 saturated heterocycles. The molecule has 0 amide bonds.